The molecule has 0 amide bonds. The fourth-order valence-corrected chi connectivity index (χ4v) is 3.71. The van der Waals surface area contributed by atoms with Crippen LogP contribution in [-0.4, -0.2) is 45.3 Å². The highest BCUT2D eigenvalue weighted by molar-refractivity contribution is 5.82. The Hall–Kier alpha value is -2.74. The van der Waals surface area contributed by atoms with Gasteiger partial charge < -0.3 is 15.5 Å². The number of aromatic amines is 1. The van der Waals surface area contributed by atoms with Crippen molar-refractivity contribution in [1.82, 2.24) is 25.5 Å². The summed E-state index contributed by atoms with van der Waals surface area (Å²) in [5.41, 5.74) is 2.06. The van der Waals surface area contributed by atoms with Crippen LogP contribution in [0.15, 0.2) is 24.4 Å². The van der Waals surface area contributed by atoms with E-state index in [4.69, 9.17) is 0 Å². The Morgan fingerprint density at radius 2 is 2.08 bits per heavy atom. The van der Waals surface area contributed by atoms with Crippen molar-refractivity contribution in [3.63, 3.8) is 0 Å². The van der Waals surface area contributed by atoms with E-state index in [0.29, 0.717) is 23.7 Å². The summed E-state index contributed by atoms with van der Waals surface area (Å²) < 4.78 is 14.6. The number of H-pyrrole nitrogens is 1. The molecular formula is C17H18FN7. The molecule has 2 atom stereocenters. The first-order valence-corrected chi connectivity index (χ1v) is 8.42. The van der Waals surface area contributed by atoms with Crippen molar-refractivity contribution in [3.8, 4) is 0 Å². The molecule has 2 aliphatic heterocycles. The molecule has 2 unspecified atom stereocenters. The molecule has 3 aromatic rings. The minimum absolute atomic E-state index is 0.211. The summed E-state index contributed by atoms with van der Waals surface area (Å²) in [5.74, 6) is 0.400. The molecular weight excluding hydrogens is 321 g/mol. The third kappa shape index (κ3) is 2.32. The van der Waals surface area contributed by atoms with Crippen molar-refractivity contribution in [2.24, 2.45) is 0 Å². The number of hydrogen-bond acceptors (Lipinski definition) is 6. The molecule has 0 saturated carbocycles. The number of nitrogens with zero attached hydrogens (tertiary/aromatic N) is 4. The zero-order valence-electron chi connectivity index (χ0n) is 13.8. The largest absolute Gasteiger partial charge is 0.338 e. The van der Waals surface area contributed by atoms with Gasteiger partial charge in [-0.25, -0.2) is 9.37 Å². The van der Waals surface area contributed by atoms with Crippen LogP contribution in [0.3, 0.4) is 0 Å². The third-order valence-corrected chi connectivity index (χ3v) is 5.03. The number of hydrogen-bond donors (Lipinski definition) is 3. The molecule has 2 bridgehead atoms. The monoisotopic (exact) mass is 339 g/mol. The van der Waals surface area contributed by atoms with Crippen LogP contribution >= 0.6 is 0 Å². The maximum absolute atomic E-state index is 14.6. The smallest absolute Gasteiger partial charge is 0.228 e. The van der Waals surface area contributed by atoms with Gasteiger partial charge in [-0.15, -0.1) is 0 Å². The molecule has 2 aromatic heterocycles. The average Bonchev–Trinajstić information content (AvgIpc) is 3.07. The molecule has 5 rings (SSSR count). The number of aryl methyl sites for hydroxylation is 1. The predicted octanol–water partition coefficient (Wildman–Crippen LogP) is 2.09. The van der Waals surface area contributed by atoms with E-state index < -0.39 is 5.82 Å². The molecule has 3 N–H and O–H groups in total. The molecule has 2 saturated heterocycles. The van der Waals surface area contributed by atoms with Gasteiger partial charge >= 0.3 is 0 Å². The Kier molecular flexibility index (Phi) is 3.14. The summed E-state index contributed by atoms with van der Waals surface area (Å²) in [4.78, 5) is 11.1. The van der Waals surface area contributed by atoms with Gasteiger partial charge in [-0.05, 0) is 31.5 Å². The van der Waals surface area contributed by atoms with Gasteiger partial charge in [0.2, 0.25) is 5.95 Å². The minimum atomic E-state index is -0.417. The Morgan fingerprint density at radius 3 is 2.88 bits per heavy atom. The number of benzene rings is 1. The van der Waals surface area contributed by atoms with Crippen LogP contribution in [0.1, 0.15) is 12.1 Å². The summed E-state index contributed by atoms with van der Waals surface area (Å²) in [7, 11) is 0. The Morgan fingerprint density at radius 1 is 1.24 bits per heavy atom. The number of nitrogens with one attached hydrogen (secondary N) is 3. The molecule has 8 heteroatoms. The summed E-state index contributed by atoms with van der Waals surface area (Å²) in [6, 6.07) is 6.50. The number of anilines is 3. The molecule has 2 fully saturated rings. The van der Waals surface area contributed by atoms with E-state index in [1.54, 1.807) is 13.1 Å². The van der Waals surface area contributed by atoms with Crippen LogP contribution in [0.5, 0.6) is 0 Å². The second kappa shape index (κ2) is 5.38. The standard InChI is InChI=1S/C17H18FN7/c1-9-15(18)16(22-11-2-3-14-10(4-11)6-20-24-14)23-17(21-9)25-12-5-13(25)8-19-7-12/h2-4,6,12-13,19H,5,7-8H2,1H3,(H,20,24)(H,21,22,23). The lowest BCUT2D eigenvalue weighted by atomic mass is 9.89. The van der Waals surface area contributed by atoms with Crippen molar-refractivity contribution in [2.75, 3.05) is 23.3 Å². The molecule has 25 heavy (non-hydrogen) atoms. The van der Waals surface area contributed by atoms with Gasteiger partial charge in [0, 0.05) is 36.2 Å². The maximum Gasteiger partial charge on any atom is 0.228 e. The maximum atomic E-state index is 14.6. The number of piperazine rings is 1. The first-order valence-electron chi connectivity index (χ1n) is 8.42. The van der Waals surface area contributed by atoms with E-state index in [0.717, 1.165) is 36.1 Å². The summed E-state index contributed by atoms with van der Waals surface area (Å²) in [5, 5.41) is 14.3. The van der Waals surface area contributed by atoms with Crippen LogP contribution in [0.4, 0.5) is 21.8 Å². The van der Waals surface area contributed by atoms with Gasteiger partial charge in [-0.3, -0.25) is 5.10 Å². The minimum Gasteiger partial charge on any atom is -0.338 e. The zero-order chi connectivity index (χ0) is 17.0. The lowest BCUT2D eigenvalue weighted by Crippen LogP contribution is -2.68. The van der Waals surface area contributed by atoms with Crippen molar-refractivity contribution < 1.29 is 4.39 Å². The van der Waals surface area contributed by atoms with Crippen molar-refractivity contribution in [3.05, 3.63) is 35.9 Å². The highest BCUT2D eigenvalue weighted by Crippen LogP contribution is 2.34. The molecule has 128 valence electrons. The van der Waals surface area contributed by atoms with Gasteiger partial charge in [-0.1, -0.05) is 0 Å². The van der Waals surface area contributed by atoms with E-state index in [1.165, 1.54) is 0 Å². The van der Waals surface area contributed by atoms with E-state index in [2.05, 4.69) is 35.7 Å². The Bertz CT molecular complexity index is 939. The SMILES string of the molecule is Cc1nc(N2C3CNCC2C3)nc(Nc2ccc3[nH]ncc3c2)c1F. The van der Waals surface area contributed by atoms with Gasteiger partial charge in [0.05, 0.1) is 17.4 Å². The normalized spacial score (nSPS) is 22.1. The van der Waals surface area contributed by atoms with Gasteiger partial charge in [0.25, 0.3) is 0 Å². The topological polar surface area (TPSA) is 81.8 Å². The highest BCUT2D eigenvalue weighted by atomic mass is 19.1. The van der Waals surface area contributed by atoms with Gasteiger partial charge in [-0.2, -0.15) is 10.1 Å². The zero-order valence-corrected chi connectivity index (χ0v) is 13.8. The Labute approximate surface area is 143 Å². The second-order valence-corrected chi connectivity index (χ2v) is 6.68. The quantitative estimate of drug-likeness (QED) is 0.678. The first-order chi connectivity index (χ1) is 12.2. The lowest BCUT2D eigenvalue weighted by molar-refractivity contribution is 0.258. The average molecular weight is 339 g/mol. The molecule has 4 heterocycles. The number of aromatic nitrogens is 4. The number of fused-ring (bicyclic) bond motifs is 3. The second-order valence-electron chi connectivity index (χ2n) is 6.68. The van der Waals surface area contributed by atoms with E-state index >= 15 is 0 Å². The Balaban J connectivity index is 1.49. The third-order valence-electron chi connectivity index (χ3n) is 5.03. The lowest BCUT2D eigenvalue weighted by Gasteiger charge is -2.53. The highest BCUT2D eigenvalue weighted by Gasteiger charge is 2.43. The fraction of sp³-hybridized carbons (Fsp3) is 0.353. The summed E-state index contributed by atoms with van der Waals surface area (Å²) in [6.45, 7) is 3.53. The molecule has 0 aliphatic carbocycles. The molecule has 0 spiro atoms. The van der Waals surface area contributed by atoms with Crippen LogP contribution in [-0.2, 0) is 0 Å². The fourth-order valence-electron chi connectivity index (χ4n) is 3.71. The van der Waals surface area contributed by atoms with Crippen LogP contribution in [0, 0.1) is 12.7 Å². The van der Waals surface area contributed by atoms with E-state index in [1.807, 2.05) is 18.2 Å². The predicted molar refractivity (Wildman–Crippen MR) is 93.6 cm³/mol. The van der Waals surface area contributed by atoms with Crippen molar-refractivity contribution in [1.29, 1.82) is 0 Å². The molecule has 0 radical (unpaired) electrons. The molecule has 2 aliphatic rings. The van der Waals surface area contributed by atoms with E-state index in [-0.39, 0.29) is 5.82 Å². The number of halogens is 1. The summed E-state index contributed by atoms with van der Waals surface area (Å²) in [6.07, 6.45) is 2.88. The number of piperidine rings is 1. The summed E-state index contributed by atoms with van der Waals surface area (Å²) >= 11 is 0. The molecule has 7 nitrogen and oxygen atoms in total. The van der Waals surface area contributed by atoms with Gasteiger partial charge in [0.1, 0.15) is 0 Å². The van der Waals surface area contributed by atoms with Crippen LogP contribution in [0.25, 0.3) is 10.9 Å². The van der Waals surface area contributed by atoms with Crippen LogP contribution in [0.2, 0.25) is 0 Å². The first kappa shape index (κ1) is 14.6. The van der Waals surface area contributed by atoms with Crippen molar-refractivity contribution >= 4 is 28.4 Å². The van der Waals surface area contributed by atoms with Crippen LogP contribution < -0.4 is 15.5 Å². The van der Waals surface area contributed by atoms with E-state index in [9.17, 15) is 4.39 Å². The molecule has 1 aromatic carbocycles. The van der Waals surface area contributed by atoms with Gasteiger partial charge in [0.15, 0.2) is 11.6 Å². The van der Waals surface area contributed by atoms with Crippen molar-refractivity contribution in [2.45, 2.75) is 25.4 Å². The number of rotatable bonds is 3.